The monoisotopic (exact) mass is 394 g/mol. The number of likely N-dealkylation sites (tertiary alicyclic amines) is 1. The van der Waals surface area contributed by atoms with E-state index in [1.165, 1.54) is 0 Å². The van der Waals surface area contributed by atoms with Crippen molar-refractivity contribution in [1.29, 1.82) is 0 Å². The van der Waals surface area contributed by atoms with E-state index in [0.29, 0.717) is 49.4 Å². The molecule has 1 unspecified atom stereocenters. The summed E-state index contributed by atoms with van der Waals surface area (Å²) in [5, 5.41) is 0. The summed E-state index contributed by atoms with van der Waals surface area (Å²) < 4.78 is 0. The molecule has 2 fully saturated rings. The molecule has 0 radical (unpaired) electrons. The van der Waals surface area contributed by atoms with Gasteiger partial charge in [0, 0.05) is 51.7 Å². The first-order valence-corrected chi connectivity index (χ1v) is 10.2. The summed E-state index contributed by atoms with van der Waals surface area (Å²) >= 11 is 0. The van der Waals surface area contributed by atoms with Gasteiger partial charge in [0.1, 0.15) is 11.4 Å². The van der Waals surface area contributed by atoms with Gasteiger partial charge in [-0.1, -0.05) is 13.0 Å². The van der Waals surface area contributed by atoms with Gasteiger partial charge in [-0.2, -0.15) is 0 Å². The number of aromatic nitrogens is 3. The first-order chi connectivity index (χ1) is 14.1. The molecule has 0 spiro atoms. The predicted molar refractivity (Wildman–Crippen MR) is 109 cm³/mol. The van der Waals surface area contributed by atoms with Crippen molar-refractivity contribution in [3.63, 3.8) is 0 Å². The average molecular weight is 394 g/mol. The Morgan fingerprint density at radius 2 is 1.55 bits per heavy atom. The zero-order valence-electron chi connectivity index (χ0n) is 16.7. The molecule has 2 saturated heterocycles. The Bertz CT molecular complexity index is 866. The molecule has 0 saturated carbocycles. The number of rotatable bonds is 3. The zero-order valence-corrected chi connectivity index (χ0v) is 16.7. The number of carbonyl (C=O) groups is 2. The fraction of sp³-hybridized carbons (Fsp3) is 0.476. The number of anilines is 1. The van der Waals surface area contributed by atoms with Gasteiger partial charge in [-0.25, -0.2) is 15.0 Å². The Labute approximate surface area is 170 Å². The van der Waals surface area contributed by atoms with Crippen LogP contribution >= 0.6 is 0 Å². The maximum atomic E-state index is 12.9. The minimum Gasteiger partial charge on any atom is -0.337 e. The van der Waals surface area contributed by atoms with Crippen LogP contribution in [0.1, 0.15) is 40.7 Å². The first kappa shape index (κ1) is 19.3. The molecule has 4 heterocycles. The Hall–Kier alpha value is -3.03. The summed E-state index contributed by atoms with van der Waals surface area (Å²) in [7, 11) is 0. The van der Waals surface area contributed by atoms with E-state index < -0.39 is 0 Å². The lowest BCUT2D eigenvalue weighted by Crippen LogP contribution is -2.49. The number of pyridine rings is 1. The molecule has 2 amide bonds. The third kappa shape index (κ3) is 4.36. The van der Waals surface area contributed by atoms with Crippen molar-refractivity contribution in [2.45, 2.75) is 19.8 Å². The molecule has 2 aromatic rings. The van der Waals surface area contributed by atoms with E-state index in [-0.39, 0.29) is 11.8 Å². The molecule has 0 N–H and O–H groups in total. The van der Waals surface area contributed by atoms with E-state index in [2.05, 4.69) is 26.8 Å². The highest BCUT2D eigenvalue weighted by molar-refractivity contribution is 5.96. The molecule has 2 aromatic heterocycles. The summed E-state index contributed by atoms with van der Waals surface area (Å²) in [4.78, 5) is 44.4. The predicted octanol–water partition coefficient (Wildman–Crippen LogP) is 1.71. The fourth-order valence-corrected chi connectivity index (χ4v) is 3.93. The van der Waals surface area contributed by atoms with Crippen molar-refractivity contribution >= 4 is 17.8 Å². The lowest BCUT2D eigenvalue weighted by Gasteiger charge is -2.34. The molecule has 8 nitrogen and oxygen atoms in total. The highest BCUT2D eigenvalue weighted by Gasteiger charge is 2.26. The van der Waals surface area contributed by atoms with Crippen molar-refractivity contribution < 1.29 is 9.59 Å². The van der Waals surface area contributed by atoms with Gasteiger partial charge in [0.15, 0.2) is 0 Å². The minimum absolute atomic E-state index is 0.0859. The Kier molecular flexibility index (Phi) is 5.69. The Morgan fingerprint density at radius 1 is 0.897 bits per heavy atom. The van der Waals surface area contributed by atoms with Crippen molar-refractivity contribution in [3.8, 4) is 0 Å². The molecule has 0 aromatic carbocycles. The second-order valence-electron chi connectivity index (χ2n) is 7.73. The highest BCUT2D eigenvalue weighted by Crippen LogP contribution is 2.18. The maximum Gasteiger partial charge on any atom is 0.272 e. The van der Waals surface area contributed by atoms with Crippen LogP contribution in [0.25, 0.3) is 0 Å². The van der Waals surface area contributed by atoms with Crippen LogP contribution in [-0.4, -0.2) is 75.8 Å². The second-order valence-corrected chi connectivity index (χ2v) is 7.73. The van der Waals surface area contributed by atoms with Crippen molar-refractivity contribution in [3.05, 3.63) is 48.0 Å². The van der Waals surface area contributed by atoms with Crippen LogP contribution in [0.3, 0.4) is 0 Å². The number of nitrogens with zero attached hydrogens (tertiary/aromatic N) is 6. The van der Waals surface area contributed by atoms with E-state index in [1.807, 2.05) is 4.90 Å². The largest absolute Gasteiger partial charge is 0.337 e. The molecule has 0 aliphatic carbocycles. The molecule has 2 aliphatic rings. The van der Waals surface area contributed by atoms with Gasteiger partial charge in [0.05, 0.1) is 0 Å². The summed E-state index contributed by atoms with van der Waals surface area (Å²) in [6.45, 7) is 6.14. The van der Waals surface area contributed by atoms with Gasteiger partial charge in [-0.05, 0) is 37.0 Å². The van der Waals surface area contributed by atoms with Gasteiger partial charge in [-0.15, -0.1) is 0 Å². The number of amides is 2. The van der Waals surface area contributed by atoms with E-state index in [4.69, 9.17) is 0 Å². The third-order valence-corrected chi connectivity index (χ3v) is 5.53. The molecule has 1 atom stereocenters. The summed E-state index contributed by atoms with van der Waals surface area (Å²) in [6.07, 6.45) is 5.60. The molecule has 152 valence electrons. The van der Waals surface area contributed by atoms with E-state index >= 15 is 0 Å². The fourth-order valence-electron chi connectivity index (χ4n) is 3.93. The van der Waals surface area contributed by atoms with Crippen molar-refractivity contribution in [1.82, 2.24) is 24.8 Å². The average Bonchev–Trinajstić information content (AvgIpc) is 2.79. The summed E-state index contributed by atoms with van der Waals surface area (Å²) in [5.74, 6) is 0.959. The van der Waals surface area contributed by atoms with E-state index in [9.17, 15) is 9.59 Å². The molecule has 29 heavy (non-hydrogen) atoms. The molecule has 0 bridgehead atoms. The summed E-state index contributed by atoms with van der Waals surface area (Å²) in [5.41, 5.74) is 0.673. The number of hydrogen-bond acceptors (Lipinski definition) is 6. The van der Waals surface area contributed by atoms with Crippen LogP contribution in [0.2, 0.25) is 0 Å². The van der Waals surface area contributed by atoms with Crippen LogP contribution in [0, 0.1) is 5.92 Å². The van der Waals surface area contributed by atoms with Gasteiger partial charge < -0.3 is 14.7 Å². The first-order valence-electron chi connectivity index (χ1n) is 10.2. The van der Waals surface area contributed by atoms with Gasteiger partial charge in [-0.3, -0.25) is 9.59 Å². The van der Waals surface area contributed by atoms with Crippen molar-refractivity contribution in [2.75, 3.05) is 44.2 Å². The third-order valence-electron chi connectivity index (χ3n) is 5.53. The van der Waals surface area contributed by atoms with Crippen molar-refractivity contribution in [2.24, 2.45) is 5.92 Å². The SMILES string of the molecule is CC1CCCN(C(=O)c2cccc(C(=O)N3CCN(c4ncccn4)CC3)n2)C1. The quantitative estimate of drug-likeness (QED) is 0.788. The zero-order chi connectivity index (χ0) is 20.2. The molecule has 2 aliphatic heterocycles. The number of hydrogen-bond donors (Lipinski definition) is 0. The van der Waals surface area contributed by atoms with Crippen LogP contribution in [0.4, 0.5) is 5.95 Å². The molecular weight excluding hydrogens is 368 g/mol. The highest BCUT2D eigenvalue weighted by atomic mass is 16.2. The van der Waals surface area contributed by atoms with Crippen LogP contribution in [0.15, 0.2) is 36.7 Å². The summed E-state index contributed by atoms with van der Waals surface area (Å²) in [6, 6.07) is 6.91. The van der Waals surface area contributed by atoms with Gasteiger partial charge >= 0.3 is 0 Å². The lowest BCUT2D eigenvalue weighted by atomic mass is 10.00. The van der Waals surface area contributed by atoms with Crippen LogP contribution < -0.4 is 4.90 Å². The number of carbonyl (C=O) groups excluding carboxylic acids is 2. The minimum atomic E-state index is -0.139. The van der Waals surface area contributed by atoms with Crippen LogP contribution in [-0.2, 0) is 0 Å². The lowest BCUT2D eigenvalue weighted by molar-refractivity contribution is 0.0676. The Balaban J connectivity index is 1.41. The maximum absolute atomic E-state index is 12.9. The van der Waals surface area contributed by atoms with E-state index in [0.717, 1.165) is 25.9 Å². The molecular formula is C21H26N6O2. The van der Waals surface area contributed by atoms with Gasteiger partial charge in [0.2, 0.25) is 5.95 Å². The number of piperidine rings is 1. The molecule has 8 heteroatoms. The van der Waals surface area contributed by atoms with Crippen LogP contribution in [0.5, 0.6) is 0 Å². The standard InChI is InChI=1S/C21H26N6O2/c1-16-5-3-10-27(15-16)20(29)18-7-2-6-17(24-18)19(28)25-11-13-26(14-12-25)21-22-8-4-9-23-21/h2,4,6-9,16H,3,5,10-15H2,1H3. The molecule has 4 rings (SSSR count). The normalized spacial score (nSPS) is 19.9. The second kappa shape index (κ2) is 8.55. The van der Waals surface area contributed by atoms with Gasteiger partial charge in [0.25, 0.3) is 11.8 Å². The smallest absolute Gasteiger partial charge is 0.272 e. The number of piperazine rings is 1. The topological polar surface area (TPSA) is 82.5 Å². The van der Waals surface area contributed by atoms with E-state index in [1.54, 1.807) is 41.6 Å². The Morgan fingerprint density at radius 3 is 2.21 bits per heavy atom.